The van der Waals surface area contributed by atoms with Gasteiger partial charge in [-0.15, -0.1) is 0 Å². The third-order valence-electron chi connectivity index (χ3n) is 4.07. The van der Waals surface area contributed by atoms with Crippen LogP contribution in [0.1, 0.15) is 17.0 Å². The number of carboxylic acids is 1. The lowest BCUT2D eigenvalue weighted by Crippen LogP contribution is -2.33. The minimum Gasteiger partial charge on any atom is -0.480 e. The number of thiocarbonyl (C=S) groups is 1. The number of thioether (sulfide) groups is 1. The Morgan fingerprint density at radius 1 is 1.30 bits per heavy atom. The fourth-order valence-electron chi connectivity index (χ4n) is 2.88. The van der Waals surface area contributed by atoms with Gasteiger partial charge in [-0.2, -0.15) is 0 Å². The van der Waals surface area contributed by atoms with Gasteiger partial charge in [-0.25, -0.2) is 0 Å². The molecule has 5 nitrogen and oxygen atoms in total. The Kier molecular flexibility index (Phi) is 5.67. The molecule has 3 rings (SSSR count). The van der Waals surface area contributed by atoms with Gasteiger partial charge >= 0.3 is 5.97 Å². The van der Waals surface area contributed by atoms with Gasteiger partial charge in [0.05, 0.1) is 15.6 Å². The van der Waals surface area contributed by atoms with Gasteiger partial charge in [0.15, 0.2) is 0 Å². The highest BCUT2D eigenvalue weighted by molar-refractivity contribution is 8.26. The summed E-state index contributed by atoms with van der Waals surface area (Å²) in [5, 5.41) is 10.0. The van der Waals surface area contributed by atoms with Crippen LogP contribution in [0.2, 0.25) is 10.0 Å². The molecule has 2 heterocycles. The van der Waals surface area contributed by atoms with Crippen LogP contribution in [0.3, 0.4) is 0 Å². The number of aliphatic carboxylic acids is 1. The third-order valence-corrected chi connectivity index (χ3v) is 5.99. The zero-order valence-electron chi connectivity index (χ0n) is 14.3. The predicted octanol–water partition coefficient (Wildman–Crippen LogP) is 4.69. The van der Waals surface area contributed by atoms with E-state index in [4.69, 9.17) is 40.5 Å². The van der Waals surface area contributed by atoms with E-state index in [1.54, 1.807) is 18.2 Å². The first-order chi connectivity index (χ1) is 12.7. The molecule has 0 unspecified atom stereocenters. The molecular formula is C18H14Cl2N2O3S2. The van der Waals surface area contributed by atoms with Crippen molar-refractivity contribution < 1.29 is 14.7 Å². The summed E-state index contributed by atoms with van der Waals surface area (Å²) in [6.45, 7) is 3.41. The van der Waals surface area contributed by atoms with Crippen molar-refractivity contribution in [3.05, 3.63) is 56.2 Å². The summed E-state index contributed by atoms with van der Waals surface area (Å²) in [6.07, 6.45) is 1.73. The third kappa shape index (κ3) is 3.91. The van der Waals surface area contributed by atoms with E-state index in [-0.39, 0.29) is 4.32 Å². The quantitative estimate of drug-likeness (QED) is 0.551. The first-order valence-electron chi connectivity index (χ1n) is 7.80. The summed E-state index contributed by atoms with van der Waals surface area (Å²) < 4.78 is 2.21. The average Bonchev–Trinajstić information content (AvgIpc) is 2.99. The highest BCUT2D eigenvalue weighted by Gasteiger charge is 2.33. The lowest BCUT2D eigenvalue weighted by Gasteiger charge is -2.12. The Morgan fingerprint density at radius 3 is 2.63 bits per heavy atom. The van der Waals surface area contributed by atoms with Crippen molar-refractivity contribution in [2.75, 3.05) is 6.54 Å². The van der Waals surface area contributed by atoms with Gasteiger partial charge in [0.1, 0.15) is 10.9 Å². The number of carboxylic acid groups (broad SMARTS) is 1. The molecule has 0 bridgehead atoms. The summed E-state index contributed by atoms with van der Waals surface area (Å²) in [7, 11) is 0. The van der Waals surface area contributed by atoms with E-state index in [1.165, 1.54) is 0 Å². The molecule has 1 amide bonds. The fourth-order valence-corrected chi connectivity index (χ4v) is 4.62. The summed E-state index contributed by atoms with van der Waals surface area (Å²) >= 11 is 18.5. The van der Waals surface area contributed by atoms with Gasteiger partial charge in [0.2, 0.25) is 0 Å². The predicted molar refractivity (Wildman–Crippen MR) is 113 cm³/mol. The second-order valence-electron chi connectivity index (χ2n) is 5.92. The topological polar surface area (TPSA) is 62.5 Å². The van der Waals surface area contributed by atoms with E-state index in [0.29, 0.717) is 15.0 Å². The summed E-state index contributed by atoms with van der Waals surface area (Å²) in [6, 6.07) is 7.21. The molecule has 27 heavy (non-hydrogen) atoms. The molecule has 1 aliphatic rings. The van der Waals surface area contributed by atoms with Gasteiger partial charge in [-0.1, -0.05) is 47.2 Å². The molecule has 1 aliphatic heterocycles. The smallest absolute Gasteiger partial charge is 0.323 e. The molecule has 1 aromatic heterocycles. The molecule has 0 atom stereocenters. The number of benzene rings is 1. The highest BCUT2D eigenvalue weighted by atomic mass is 35.5. The summed E-state index contributed by atoms with van der Waals surface area (Å²) in [5.41, 5.74) is 3.44. The van der Waals surface area contributed by atoms with Crippen molar-refractivity contribution >= 4 is 69.5 Å². The fraction of sp³-hybridized carbons (Fsp3) is 0.167. The number of halogens is 2. The molecule has 0 saturated carbocycles. The summed E-state index contributed by atoms with van der Waals surface area (Å²) in [4.78, 5) is 24.9. The number of hydrogen-bond acceptors (Lipinski definition) is 4. The number of aryl methyl sites for hydroxylation is 1. The van der Waals surface area contributed by atoms with Crippen molar-refractivity contribution in [1.29, 1.82) is 0 Å². The standard InChI is InChI=1S/C18H14Cl2N2O3S2/c1-9-5-11(6-15-17(25)21(8-16(23)24)18(26)27-15)10(2)22(9)14-4-3-12(19)7-13(14)20/h3-7H,8H2,1-2H3,(H,23,24). The van der Waals surface area contributed by atoms with Crippen LogP contribution in [0.5, 0.6) is 0 Å². The van der Waals surface area contributed by atoms with Gasteiger partial charge < -0.3 is 9.67 Å². The van der Waals surface area contributed by atoms with Crippen LogP contribution in [-0.4, -0.2) is 37.3 Å². The Balaban J connectivity index is 2.00. The normalized spacial score (nSPS) is 15.9. The largest absolute Gasteiger partial charge is 0.480 e. The molecule has 140 valence electrons. The molecule has 1 aromatic carbocycles. The van der Waals surface area contributed by atoms with Gasteiger partial charge in [0.25, 0.3) is 5.91 Å². The minimum atomic E-state index is -1.11. The van der Waals surface area contributed by atoms with Crippen LogP contribution in [-0.2, 0) is 9.59 Å². The van der Waals surface area contributed by atoms with E-state index in [0.717, 1.165) is 39.3 Å². The van der Waals surface area contributed by atoms with Crippen LogP contribution in [0, 0.1) is 13.8 Å². The molecule has 2 aromatic rings. The van der Waals surface area contributed by atoms with Gasteiger partial charge in [0, 0.05) is 16.4 Å². The van der Waals surface area contributed by atoms with E-state index < -0.39 is 18.4 Å². The lowest BCUT2D eigenvalue weighted by molar-refractivity contribution is -0.140. The van der Waals surface area contributed by atoms with E-state index in [9.17, 15) is 9.59 Å². The second-order valence-corrected chi connectivity index (χ2v) is 8.44. The van der Waals surface area contributed by atoms with E-state index in [1.807, 2.05) is 30.5 Å². The molecule has 9 heteroatoms. The van der Waals surface area contributed by atoms with Crippen LogP contribution in [0.15, 0.2) is 29.2 Å². The molecule has 1 saturated heterocycles. The SMILES string of the molecule is Cc1cc(C=C2SC(=S)N(CC(=O)O)C2=O)c(C)n1-c1ccc(Cl)cc1Cl. The monoisotopic (exact) mass is 440 g/mol. The number of rotatable bonds is 4. The number of amides is 1. The average molecular weight is 441 g/mol. The Morgan fingerprint density at radius 2 is 2.00 bits per heavy atom. The van der Waals surface area contributed by atoms with Crippen LogP contribution in [0.4, 0.5) is 0 Å². The lowest BCUT2D eigenvalue weighted by atomic mass is 10.2. The van der Waals surface area contributed by atoms with Crippen molar-refractivity contribution in [2.24, 2.45) is 0 Å². The Hall–Kier alpha value is -1.80. The maximum absolute atomic E-state index is 12.5. The van der Waals surface area contributed by atoms with Crippen molar-refractivity contribution in [3.8, 4) is 5.69 Å². The Bertz CT molecular complexity index is 1010. The second kappa shape index (κ2) is 7.67. The first-order valence-corrected chi connectivity index (χ1v) is 9.78. The number of aromatic nitrogens is 1. The molecule has 0 spiro atoms. The van der Waals surface area contributed by atoms with E-state index in [2.05, 4.69) is 0 Å². The van der Waals surface area contributed by atoms with Crippen molar-refractivity contribution in [3.63, 3.8) is 0 Å². The van der Waals surface area contributed by atoms with Crippen LogP contribution < -0.4 is 0 Å². The number of hydrogen-bond donors (Lipinski definition) is 1. The van der Waals surface area contributed by atoms with Gasteiger partial charge in [-0.3, -0.25) is 14.5 Å². The van der Waals surface area contributed by atoms with Crippen molar-refractivity contribution in [2.45, 2.75) is 13.8 Å². The van der Waals surface area contributed by atoms with Crippen LogP contribution in [0.25, 0.3) is 11.8 Å². The number of nitrogens with zero attached hydrogens (tertiary/aromatic N) is 2. The van der Waals surface area contributed by atoms with Gasteiger partial charge in [-0.05, 0) is 49.8 Å². The number of carbonyl (C=O) groups is 2. The molecule has 1 fully saturated rings. The van der Waals surface area contributed by atoms with E-state index >= 15 is 0 Å². The zero-order valence-corrected chi connectivity index (χ0v) is 17.5. The molecule has 1 N–H and O–H groups in total. The summed E-state index contributed by atoms with van der Waals surface area (Å²) in [5.74, 6) is -1.51. The maximum atomic E-state index is 12.5. The Labute approximate surface area is 175 Å². The highest BCUT2D eigenvalue weighted by Crippen LogP contribution is 2.35. The maximum Gasteiger partial charge on any atom is 0.323 e. The molecule has 0 aliphatic carbocycles. The molecular weight excluding hydrogens is 427 g/mol. The zero-order chi connectivity index (χ0) is 19.9. The number of carbonyl (C=O) groups excluding carboxylic acids is 1. The molecule has 0 radical (unpaired) electrons. The first kappa shape index (κ1) is 19.9. The minimum absolute atomic E-state index is 0.239. The van der Waals surface area contributed by atoms with Crippen LogP contribution >= 0.6 is 47.2 Å². The van der Waals surface area contributed by atoms with Crippen molar-refractivity contribution in [1.82, 2.24) is 9.47 Å².